The third kappa shape index (κ3) is 2.88. The van der Waals surface area contributed by atoms with Crippen molar-refractivity contribution in [2.24, 2.45) is 0 Å². The third-order valence-electron chi connectivity index (χ3n) is 1.33. The summed E-state index contributed by atoms with van der Waals surface area (Å²) < 4.78 is 0. The molecule has 78 valence electrons. The van der Waals surface area contributed by atoms with Crippen LogP contribution in [0, 0.1) is 0 Å². The number of hydrogen-bond donors (Lipinski definition) is 2. The van der Waals surface area contributed by atoms with Crippen LogP contribution in [-0.4, -0.2) is 10.1 Å². The molecule has 1 heterocycles. The molecule has 1 aromatic rings. The minimum absolute atomic E-state index is 0.133. The molecular weight excluding hydrogens is 198 g/mol. The smallest absolute Gasteiger partial charge is 0.305 e. The van der Waals surface area contributed by atoms with Gasteiger partial charge in [-0.2, -0.15) is 0 Å². The molecule has 3 nitrogen and oxygen atoms in total. The van der Waals surface area contributed by atoms with Gasteiger partial charge in [0.1, 0.15) is 11.5 Å². The van der Waals surface area contributed by atoms with Crippen LogP contribution in [0.25, 0.3) is 11.3 Å². The summed E-state index contributed by atoms with van der Waals surface area (Å²) in [6.45, 7) is 12.8. The molecule has 0 saturated heterocycles. The fourth-order valence-electron chi connectivity index (χ4n) is 0.832. The molecule has 0 radical (unpaired) electrons. The number of aromatic nitrogens is 1. The van der Waals surface area contributed by atoms with Crippen LogP contribution in [0.3, 0.4) is 0 Å². The molecule has 2 N–H and O–H groups in total. The third-order valence-corrected chi connectivity index (χ3v) is 2.37. The summed E-state index contributed by atoms with van der Waals surface area (Å²) in [5.74, 6) is -0.133. The van der Waals surface area contributed by atoms with E-state index in [2.05, 4.69) is 18.1 Å². The zero-order chi connectivity index (χ0) is 11.3. The van der Waals surface area contributed by atoms with Crippen molar-refractivity contribution in [2.75, 3.05) is 0 Å². The molecule has 14 heavy (non-hydrogen) atoms. The van der Waals surface area contributed by atoms with Crippen molar-refractivity contribution in [3.05, 3.63) is 33.4 Å². The Morgan fingerprint density at radius 1 is 1.43 bits per heavy atom. The average Bonchev–Trinajstić information content (AvgIpc) is 2.51. The van der Waals surface area contributed by atoms with Crippen molar-refractivity contribution in [1.82, 2.24) is 4.98 Å². The van der Waals surface area contributed by atoms with Gasteiger partial charge in [0.25, 0.3) is 0 Å². The van der Waals surface area contributed by atoms with E-state index in [-0.39, 0.29) is 10.6 Å². The lowest BCUT2D eigenvalue weighted by Crippen LogP contribution is -1.94. The Bertz CT molecular complexity index is 353. The zero-order valence-corrected chi connectivity index (χ0v) is 9.49. The Morgan fingerprint density at radius 2 is 1.93 bits per heavy atom. The number of aliphatic hydroxyl groups is 1. The van der Waals surface area contributed by atoms with Gasteiger partial charge in [0.15, 0.2) is 0 Å². The van der Waals surface area contributed by atoms with Crippen LogP contribution < -0.4 is 4.87 Å². The molecular formula is C10H15NO2S. The van der Waals surface area contributed by atoms with Gasteiger partial charge in [-0.1, -0.05) is 38.3 Å². The Balaban J connectivity index is 0.000000791. The van der Waals surface area contributed by atoms with E-state index in [0.29, 0.717) is 10.6 Å². The standard InChI is InChI=1S/C8H9NO2S.C2H6/c1-4(2)7-6(5(3)10)9-8(11)12-7;1-2/h10H,1,3H2,2H3,(H,9,11);1-2H3. The predicted molar refractivity (Wildman–Crippen MR) is 62.7 cm³/mol. The molecule has 0 unspecified atom stereocenters. The van der Waals surface area contributed by atoms with Gasteiger partial charge in [-0.25, -0.2) is 0 Å². The number of H-pyrrole nitrogens is 1. The van der Waals surface area contributed by atoms with E-state index in [4.69, 9.17) is 5.11 Å². The summed E-state index contributed by atoms with van der Waals surface area (Å²) >= 11 is 1.02. The first kappa shape index (κ1) is 12.7. The Morgan fingerprint density at radius 3 is 2.21 bits per heavy atom. The molecule has 1 aromatic heterocycles. The van der Waals surface area contributed by atoms with Gasteiger partial charge >= 0.3 is 4.87 Å². The van der Waals surface area contributed by atoms with E-state index in [1.807, 2.05) is 13.8 Å². The lowest BCUT2D eigenvalue weighted by Gasteiger charge is -1.97. The number of nitrogens with one attached hydrogen (secondary N) is 1. The largest absolute Gasteiger partial charge is 0.506 e. The van der Waals surface area contributed by atoms with Gasteiger partial charge in [0.05, 0.1) is 4.88 Å². The van der Waals surface area contributed by atoms with Gasteiger partial charge in [-0.3, -0.25) is 4.79 Å². The Kier molecular flexibility index (Phi) is 4.94. The van der Waals surface area contributed by atoms with E-state index < -0.39 is 0 Å². The highest BCUT2D eigenvalue weighted by Crippen LogP contribution is 2.22. The van der Waals surface area contributed by atoms with Crippen molar-refractivity contribution < 1.29 is 5.11 Å². The number of thiazole rings is 1. The van der Waals surface area contributed by atoms with Crippen LogP contribution >= 0.6 is 11.3 Å². The molecule has 0 amide bonds. The van der Waals surface area contributed by atoms with Gasteiger partial charge in [0, 0.05) is 0 Å². The van der Waals surface area contributed by atoms with Gasteiger partial charge in [0.2, 0.25) is 0 Å². The van der Waals surface area contributed by atoms with Crippen LogP contribution in [0.15, 0.2) is 18.0 Å². The number of aliphatic hydroxyl groups excluding tert-OH is 1. The van der Waals surface area contributed by atoms with E-state index >= 15 is 0 Å². The maximum atomic E-state index is 10.9. The van der Waals surface area contributed by atoms with Gasteiger partial charge in [-0.15, -0.1) is 0 Å². The fourth-order valence-corrected chi connectivity index (χ4v) is 1.62. The fraction of sp³-hybridized carbons (Fsp3) is 0.300. The molecule has 4 heteroatoms. The topological polar surface area (TPSA) is 53.1 Å². The minimum atomic E-state index is -0.210. The number of hydrogen-bond acceptors (Lipinski definition) is 3. The summed E-state index contributed by atoms with van der Waals surface area (Å²) in [6.07, 6.45) is 0. The summed E-state index contributed by atoms with van der Waals surface area (Å²) in [5, 5.41) is 9.07. The number of allylic oxidation sites excluding steroid dienone is 1. The predicted octanol–water partition coefficient (Wildman–Crippen LogP) is 3.02. The lowest BCUT2D eigenvalue weighted by atomic mass is 10.2. The Hall–Kier alpha value is -1.29. The summed E-state index contributed by atoms with van der Waals surface area (Å²) in [5.41, 5.74) is 1.11. The van der Waals surface area contributed by atoms with Crippen molar-refractivity contribution in [3.8, 4) is 0 Å². The second-order valence-electron chi connectivity index (χ2n) is 2.45. The normalized spacial score (nSPS) is 8.79. The number of aromatic amines is 1. The van der Waals surface area contributed by atoms with E-state index in [1.54, 1.807) is 6.92 Å². The van der Waals surface area contributed by atoms with Crippen molar-refractivity contribution in [2.45, 2.75) is 20.8 Å². The molecule has 0 aromatic carbocycles. The lowest BCUT2D eigenvalue weighted by molar-refractivity contribution is 0.511. The first-order valence-electron chi connectivity index (χ1n) is 4.29. The first-order valence-corrected chi connectivity index (χ1v) is 5.11. The van der Waals surface area contributed by atoms with Crippen LogP contribution in [0.5, 0.6) is 0 Å². The minimum Gasteiger partial charge on any atom is -0.506 e. The van der Waals surface area contributed by atoms with Gasteiger partial charge in [-0.05, 0) is 12.5 Å². The molecule has 0 aliphatic carbocycles. The van der Waals surface area contributed by atoms with E-state index in [9.17, 15) is 4.79 Å². The maximum Gasteiger partial charge on any atom is 0.305 e. The second kappa shape index (κ2) is 5.44. The van der Waals surface area contributed by atoms with Crippen LogP contribution in [0.4, 0.5) is 0 Å². The highest BCUT2D eigenvalue weighted by molar-refractivity contribution is 7.10. The molecule has 0 aliphatic heterocycles. The first-order chi connectivity index (χ1) is 6.52. The Labute approximate surface area is 87.4 Å². The molecule has 0 atom stereocenters. The summed E-state index contributed by atoms with van der Waals surface area (Å²) in [7, 11) is 0. The molecule has 0 fully saturated rings. The van der Waals surface area contributed by atoms with E-state index in [0.717, 1.165) is 16.9 Å². The number of rotatable bonds is 2. The molecule has 0 spiro atoms. The van der Waals surface area contributed by atoms with E-state index in [1.165, 1.54) is 0 Å². The van der Waals surface area contributed by atoms with Crippen molar-refractivity contribution in [1.29, 1.82) is 0 Å². The second-order valence-corrected chi connectivity index (χ2v) is 3.43. The summed E-state index contributed by atoms with van der Waals surface area (Å²) in [4.78, 5) is 13.8. The molecule has 0 bridgehead atoms. The highest BCUT2D eigenvalue weighted by atomic mass is 32.1. The SMILES string of the molecule is C=C(O)c1[nH]c(=O)sc1C(=C)C.CC. The van der Waals surface area contributed by atoms with Crippen LogP contribution in [-0.2, 0) is 0 Å². The van der Waals surface area contributed by atoms with Gasteiger partial charge < -0.3 is 10.1 Å². The highest BCUT2D eigenvalue weighted by Gasteiger charge is 2.10. The molecule has 1 rings (SSSR count). The van der Waals surface area contributed by atoms with Crippen molar-refractivity contribution in [3.63, 3.8) is 0 Å². The summed E-state index contributed by atoms with van der Waals surface area (Å²) in [6, 6.07) is 0. The molecule has 0 saturated carbocycles. The quantitative estimate of drug-likeness (QED) is 0.742. The molecule has 0 aliphatic rings. The zero-order valence-electron chi connectivity index (χ0n) is 8.68. The average molecular weight is 213 g/mol. The van der Waals surface area contributed by atoms with Crippen molar-refractivity contribution >= 4 is 22.7 Å². The van der Waals surface area contributed by atoms with Crippen LogP contribution in [0.1, 0.15) is 31.3 Å². The maximum absolute atomic E-state index is 10.9. The monoisotopic (exact) mass is 213 g/mol. The van der Waals surface area contributed by atoms with Crippen LogP contribution in [0.2, 0.25) is 0 Å².